The third kappa shape index (κ3) is 7.38. The zero-order valence-corrected chi connectivity index (χ0v) is 14.1. The van der Waals surface area contributed by atoms with E-state index in [0.29, 0.717) is 18.6 Å². The fourth-order valence-electron chi connectivity index (χ4n) is 2.27. The van der Waals surface area contributed by atoms with Crippen molar-refractivity contribution in [2.75, 3.05) is 36.8 Å². The van der Waals surface area contributed by atoms with Crippen LogP contribution in [0.15, 0.2) is 36.4 Å². The summed E-state index contributed by atoms with van der Waals surface area (Å²) in [4.78, 5) is 34.9. The number of rotatable bonds is 4. The third-order valence-electron chi connectivity index (χ3n) is 3.56. The molecule has 0 aliphatic carbocycles. The molecule has 1 fully saturated rings. The van der Waals surface area contributed by atoms with Crippen molar-refractivity contribution in [3.63, 3.8) is 0 Å². The molecule has 1 amide bonds. The average Bonchev–Trinajstić information content (AvgIpc) is 2.60. The smallest absolute Gasteiger partial charge is 0.328 e. The number of carboxylic acids is 2. The van der Waals surface area contributed by atoms with Gasteiger partial charge in [0.25, 0.3) is 0 Å². The Labute approximate surface area is 146 Å². The quantitative estimate of drug-likeness (QED) is 0.548. The third-order valence-corrected chi connectivity index (χ3v) is 3.56. The van der Waals surface area contributed by atoms with Crippen molar-refractivity contribution in [2.45, 2.75) is 13.3 Å². The van der Waals surface area contributed by atoms with Crippen LogP contribution in [-0.4, -0.2) is 59.1 Å². The number of benzene rings is 1. The molecular weight excluding hydrogens is 326 g/mol. The highest BCUT2D eigenvalue weighted by molar-refractivity contribution is 5.89. The first-order valence-electron chi connectivity index (χ1n) is 7.85. The van der Waals surface area contributed by atoms with Gasteiger partial charge in [0.2, 0.25) is 5.91 Å². The Bertz CT molecular complexity index is 604. The van der Waals surface area contributed by atoms with E-state index in [1.54, 1.807) is 0 Å². The molecule has 8 heteroatoms. The van der Waals surface area contributed by atoms with Gasteiger partial charge in [-0.25, -0.2) is 9.59 Å². The summed E-state index contributed by atoms with van der Waals surface area (Å²) in [7, 11) is 0. The first-order valence-corrected chi connectivity index (χ1v) is 7.85. The molecule has 1 heterocycles. The Morgan fingerprint density at radius 1 is 1.00 bits per heavy atom. The van der Waals surface area contributed by atoms with Gasteiger partial charge in [0, 0.05) is 56.1 Å². The lowest BCUT2D eigenvalue weighted by molar-refractivity contribution is -0.134. The van der Waals surface area contributed by atoms with Crippen LogP contribution in [0.2, 0.25) is 0 Å². The van der Waals surface area contributed by atoms with Crippen LogP contribution in [0.25, 0.3) is 0 Å². The Balaban J connectivity index is 0.000000333. The lowest BCUT2D eigenvalue weighted by atomic mass is 10.2. The number of carbonyl (C=O) groups is 3. The normalized spacial score (nSPS) is 14.0. The molecule has 0 aromatic heterocycles. The van der Waals surface area contributed by atoms with Crippen molar-refractivity contribution < 1.29 is 24.6 Å². The van der Waals surface area contributed by atoms with Gasteiger partial charge in [0.05, 0.1) is 0 Å². The van der Waals surface area contributed by atoms with E-state index >= 15 is 0 Å². The summed E-state index contributed by atoms with van der Waals surface area (Å²) < 4.78 is 0. The van der Waals surface area contributed by atoms with Crippen LogP contribution < -0.4 is 10.6 Å². The fraction of sp³-hybridized carbons (Fsp3) is 0.353. The maximum absolute atomic E-state index is 11.5. The Hall–Kier alpha value is -3.03. The molecule has 1 aliphatic rings. The minimum absolute atomic E-state index is 0.252. The highest BCUT2D eigenvalue weighted by Crippen LogP contribution is 2.18. The summed E-state index contributed by atoms with van der Waals surface area (Å²) in [6.07, 6.45) is 1.71. The molecule has 0 atom stereocenters. The molecular formula is C17H23N3O5. The monoisotopic (exact) mass is 349 g/mol. The highest BCUT2D eigenvalue weighted by Gasteiger charge is 2.19. The van der Waals surface area contributed by atoms with Gasteiger partial charge < -0.3 is 25.7 Å². The number of nitrogen functional groups attached to an aromatic ring is 1. The summed E-state index contributed by atoms with van der Waals surface area (Å²) in [6.45, 7) is 5.34. The Morgan fingerprint density at radius 2 is 1.48 bits per heavy atom. The van der Waals surface area contributed by atoms with E-state index in [2.05, 4.69) is 4.90 Å². The van der Waals surface area contributed by atoms with Gasteiger partial charge in [-0.15, -0.1) is 0 Å². The number of piperazine rings is 1. The van der Waals surface area contributed by atoms with Crippen LogP contribution in [0.1, 0.15) is 13.3 Å². The van der Waals surface area contributed by atoms with E-state index in [0.717, 1.165) is 31.9 Å². The average molecular weight is 349 g/mol. The molecule has 1 aliphatic heterocycles. The van der Waals surface area contributed by atoms with Crippen LogP contribution in [0.4, 0.5) is 11.4 Å². The number of hydrogen-bond donors (Lipinski definition) is 3. The van der Waals surface area contributed by atoms with Crippen molar-refractivity contribution in [2.24, 2.45) is 0 Å². The molecule has 1 aromatic carbocycles. The Kier molecular flexibility index (Phi) is 7.98. The highest BCUT2D eigenvalue weighted by atomic mass is 16.4. The summed E-state index contributed by atoms with van der Waals surface area (Å²) in [5, 5.41) is 15.6. The molecule has 0 saturated carbocycles. The first kappa shape index (κ1) is 20.0. The number of aliphatic carboxylic acids is 2. The minimum Gasteiger partial charge on any atom is -0.478 e. The SMILES string of the molecule is CCC(=O)N1CCN(c2ccc(N)cc2)CC1.O=C(O)C=CC(=O)O. The van der Waals surface area contributed by atoms with Crippen LogP contribution in [0, 0.1) is 0 Å². The molecule has 0 radical (unpaired) electrons. The minimum atomic E-state index is -1.26. The molecule has 1 aromatic rings. The Morgan fingerprint density at radius 3 is 1.88 bits per heavy atom. The number of carbonyl (C=O) groups excluding carboxylic acids is 1. The standard InChI is InChI=1S/C13H19N3O.C4H4O4/c1-2-13(17)16-9-7-15(8-10-16)12-5-3-11(14)4-6-12;5-3(6)1-2-4(7)8/h3-6H,2,7-10,14H2,1H3;1-2H,(H,5,6)(H,7,8). The maximum atomic E-state index is 11.5. The molecule has 25 heavy (non-hydrogen) atoms. The molecule has 1 saturated heterocycles. The number of nitrogens with zero attached hydrogens (tertiary/aromatic N) is 2. The van der Waals surface area contributed by atoms with Crippen LogP contribution >= 0.6 is 0 Å². The summed E-state index contributed by atoms with van der Waals surface area (Å²) in [5.41, 5.74) is 7.63. The number of carboxylic acid groups (broad SMARTS) is 2. The zero-order chi connectivity index (χ0) is 18.8. The molecule has 2 rings (SSSR count). The van der Waals surface area contributed by atoms with Crippen LogP contribution in [-0.2, 0) is 14.4 Å². The summed E-state index contributed by atoms with van der Waals surface area (Å²) >= 11 is 0. The van der Waals surface area contributed by atoms with E-state index in [-0.39, 0.29) is 5.91 Å². The van der Waals surface area contributed by atoms with Crippen molar-refractivity contribution in [1.82, 2.24) is 4.90 Å². The maximum Gasteiger partial charge on any atom is 0.328 e. The predicted octanol–water partition coefficient (Wildman–Crippen LogP) is 1.04. The van der Waals surface area contributed by atoms with E-state index in [1.807, 2.05) is 36.1 Å². The molecule has 4 N–H and O–H groups in total. The van der Waals surface area contributed by atoms with E-state index < -0.39 is 11.9 Å². The van der Waals surface area contributed by atoms with Gasteiger partial charge in [0.1, 0.15) is 0 Å². The number of anilines is 2. The van der Waals surface area contributed by atoms with Crippen molar-refractivity contribution in [3.8, 4) is 0 Å². The predicted molar refractivity (Wildman–Crippen MR) is 94.4 cm³/mol. The molecule has 0 bridgehead atoms. The van der Waals surface area contributed by atoms with Crippen LogP contribution in [0.3, 0.4) is 0 Å². The molecule has 0 unspecified atom stereocenters. The van der Waals surface area contributed by atoms with E-state index in [9.17, 15) is 14.4 Å². The molecule has 0 spiro atoms. The molecule has 136 valence electrons. The topological polar surface area (TPSA) is 124 Å². The van der Waals surface area contributed by atoms with Gasteiger partial charge in [-0.05, 0) is 24.3 Å². The lowest BCUT2D eigenvalue weighted by Crippen LogP contribution is -2.48. The summed E-state index contributed by atoms with van der Waals surface area (Å²) in [6, 6.07) is 7.90. The van der Waals surface area contributed by atoms with Gasteiger partial charge in [-0.3, -0.25) is 4.79 Å². The fourth-order valence-corrected chi connectivity index (χ4v) is 2.27. The lowest BCUT2D eigenvalue weighted by Gasteiger charge is -2.36. The number of amides is 1. The van der Waals surface area contributed by atoms with Gasteiger partial charge in [-0.2, -0.15) is 0 Å². The van der Waals surface area contributed by atoms with Gasteiger partial charge in [0.15, 0.2) is 0 Å². The van der Waals surface area contributed by atoms with Crippen molar-refractivity contribution in [3.05, 3.63) is 36.4 Å². The van der Waals surface area contributed by atoms with Gasteiger partial charge >= 0.3 is 11.9 Å². The second-order valence-corrected chi connectivity index (χ2v) is 5.32. The van der Waals surface area contributed by atoms with Gasteiger partial charge in [-0.1, -0.05) is 6.92 Å². The number of nitrogens with two attached hydrogens (primary N) is 1. The van der Waals surface area contributed by atoms with E-state index in [1.165, 1.54) is 5.69 Å². The van der Waals surface area contributed by atoms with Crippen LogP contribution in [0.5, 0.6) is 0 Å². The molecule has 8 nitrogen and oxygen atoms in total. The number of hydrogen-bond acceptors (Lipinski definition) is 5. The zero-order valence-electron chi connectivity index (χ0n) is 14.1. The second kappa shape index (κ2) is 9.96. The second-order valence-electron chi connectivity index (χ2n) is 5.32. The van der Waals surface area contributed by atoms with Crippen molar-refractivity contribution in [1.29, 1.82) is 0 Å². The largest absolute Gasteiger partial charge is 0.478 e. The first-order chi connectivity index (χ1) is 11.8. The van der Waals surface area contributed by atoms with E-state index in [4.69, 9.17) is 15.9 Å². The van der Waals surface area contributed by atoms with Crippen molar-refractivity contribution >= 4 is 29.2 Å². The summed E-state index contributed by atoms with van der Waals surface area (Å²) in [5.74, 6) is -2.26.